The van der Waals surface area contributed by atoms with E-state index in [0.717, 1.165) is 22.3 Å². The Balaban J connectivity index is 2.24. The van der Waals surface area contributed by atoms with Gasteiger partial charge in [-0.25, -0.2) is 4.79 Å². The lowest BCUT2D eigenvalue weighted by molar-refractivity contribution is 0.0697. The summed E-state index contributed by atoms with van der Waals surface area (Å²) < 4.78 is 5.81. The highest BCUT2D eigenvalue weighted by atomic mass is 35.5. The molecule has 0 saturated carbocycles. The highest BCUT2D eigenvalue weighted by Gasteiger charge is 2.20. The van der Waals surface area contributed by atoms with Gasteiger partial charge in [0.1, 0.15) is 12.4 Å². The van der Waals surface area contributed by atoms with E-state index in [4.69, 9.17) is 16.3 Å². The van der Waals surface area contributed by atoms with E-state index in [2.05, 4.69) is 0 Å². The molecular formula is C17H13ClO3. The molecule has 0 radical (unpaired) electrons. The van der Waals surface area contributed by atoms with Crippen molar-refractivity contribution in [1.29, 1.82) is 0 Å². The second-order valence-corrected chi connectivity index (χ2v) is 5.04. The maximum absolute atomic E-state index is 11.2. The van der Waals surface area contributed by atoms with Gasteiger partial charge in [0.2, 0.25) is 0 Å². The van der Waals surface area contributed by atoms with E-state index < -0.39 is 5.97 Å². The van der Waals surface area contributed by atoms with Gasteiger partial charge in [0.05, 0.1) is 5.56 Å². The Hall–Kier alpha value is -2.26. The summed E-state index contributed by atoms with van der Waals surface area (Å²) in [6.07, 6.45) is 1.89. The molecule has 0 unspecified atom stereocenters. The number of alkyl halides is 1. The number of ether oxygens (including phenoxy) is 1. The first-order chi connectivity index (χ1) is 10.2. The number of benzene rings is 2. The molecule has 0 amide bonds. The topological polar surface area (TPSA) is 46.5 Å². The average molecular weight is 301 g/mol. The monoisotopic (exact) mass is 300 g/mol. The highest BCUT2D eigenvalue weighted by Crippen LogP contribution is 2.37. The third-order valence-corrected chi connectivity index (χ3v) is 3.64. The minimum absolute atomic E-state index is 0.234. The van der Waals surface area contributed by atoms with Crippen LogP contribution in [-0.2, 0) is 6.61 Å². The van der Waals surface area contributed by atoms with Crippen LogP contribution in [0.5, 0.6) is 5.75 Å². The number of carboxylic acids is 1. The number of halogens is 1. The standard InChI is InChI=1S/C17H13ClO3/c18-8-7-14-13-4-2-1-3-12(13)10-21-16-6-5-11(17(19)20)9-15(14)16/h1-7,9H,8,10H2,(H,19,20). The van der Waals surface area contributed by atoms with Gasteiger partial charge in [-0.15, -0.1) is 11.6 Å². The zero-order valence-corrected chi connectivity index (χ0v) is 11.9. The summed E-state index contributed by atoms with van der Waals surface area (Å²) in [5.41, 5.74) is 4.00. The van der Waals surface area contributed by atoms with Crippen molar-refractivity contribution < 1.29 is 14.6 Å². The van der Waals surface area contributed by atoms with Crippen molar-refractivity contribution in [3.63, 3.8) is 0 Å². The summed E-state index contributed by atoms with van der Waals surface area (Å²) in [7, 11) is 0. The van der Waals surface area contributed by atoms with Crippen molar-refractivity contribution in [2.24, 2.45) is 0 Å². The highest BCUT2D eigenvalue weighted by molar-refractivity contribution is 6.19. The minimum Gasteiger partial charge on any atom is -0.488 e. The first-order valence-electron chi connectivity index (χ1n) is 6.55. The molecule has 3 rings (SSSR count). The number of fused-ring (bicyclic) bond motifs is 2. The Morgan fingerprint density at radius 3 is 2.81 bits per heavy atom. The maximum atomic E-state index is 11.2. The summed E-state index contributed by atoms with van der Waals surface area (Å²) in [4.78, 5) is 11.2. The fraction of sp³-hybridized carbons (Fsp3) is 0.118. The second-order valence-electron chi connectivity index (χ2n) is 4.73. The molecule has 3 nitrogen and oxygen atoms in total. The summed E-state index contributed by atoms with van der Waals surface area (Å²) in [5, 5.41) is 9.18. The first kappa shape index (κ1) is 13.7. The molecule has 0 fully saturated rings. The third kappa shape index (κ3) is 2.52. The Morgan fingerprint density at radius 2 is 2.05 bits per heavy atom. The predicted molar refractivity (Wildman–Crippen MR) is 82.0 cm³/mol. The predicted octanol–water partition coefficient (Wildman–Crippen LogP) is 3.95. The van der Waals surface area contributed by atoms with Gasteiger partial charge >= 0.3 is 5.97 Å². The Morgan fingerprint density at radius 1 is 1.24 bits per heavy atom. The van der Waals surface area contributed by atoms with E-state index in [1.807, 2.05) is 30.3 Å². The normalized spacial score (nSPS) is 14.8. The van der Waals surface area contributed by atoms with Gasteiger partial charge in [-0.3, -0.25) is 0 Å². The van der Waals surface area contributed by atoms with Crippen LogP contribution in [0.4, 0.5) is 0 Å². The molecule has 1 aliphatic heterocycles. The molecule has 0 saturated heterocycles. The molecule has 1 N–H and O–H groups in total. The number of allylic oxidation sites excluding steroid dienone is 1. The molecule has 4 heteroatoms. The molecule has 21 heavy (non-hydrogen) atoms. The van der Waals surface area contributed by atoms with Crippen molar-refractivity contribution in [3.05, 3.63) is 70.8 Å². The number of aromatic carboxylic acids is 1. The SMILES string of the molecule is O=C(O)c1ccc2c(c1)C(=CCCl)c1ccccc1CO2. The van der Waals surface area contributed by atoms with Crippen LogP contribution in [0.15, 0.2) is 48.5 Å². The lowest BCUT2D eigenvalue weighted by Gasteiger charge is -2.10. The number of carbonyl (C=O) groups is 1. The number of rotatable bonds is 2. The van der Waals surface area contributed by atoms with Crippen LogP contribution in [0.25, 0.3) is 5.57 Å². The van der Waals surface area contributed by atoms with Gasteiger partial charge < -0.3 is 9.84 Å². The van der Waals surface area contributed by atoms with Crippen molar-refractivity contribution in [3.8, 4) is 5.75 Å². The number of hydrogen-bond donors (Lipinski definition) is 1. The van der Waals surface area contributed by atoms with Crippen molar-refractivity contribution in [2.75, 3.05) is 5.88 Å². The third-order valence-electron chi connectivity index (χ3n) is 3.49. The molecule has 0 spiro atoms. The van der Waals surface area contributed by atoms with E-state index in [9.17, 15) is 9.90 Å². The van der Waals surface area contributed by atoms with Gasteiger partial charge in [0.15, 0.2) is 0 Å². The number of carboxylic acid groups (broad SMARTS) is 1. The molecule has 106 valence electrons. The Bertz CT molecular complexity index is 735. The molecule has 2 aromatic carbocycles. The van der Waals surface area contributed by atoms with E-state index in [-0.39, 0.29) is 5.56 Å². The molecule has 0 atom stereocenters. The molecule has 1 heterocycles. The van der Waals surface area contributed by atoms with Gasteiger partial charge in [-0.2, -0.15) is 0 Å². The minimum atomic E-state index is -0.958. The average Bonchev–Trinajstić information content (AvgIpc) is 2.65. The van der Waals surface area contributed by atoms with Crippen LogP contribution >= 0.6 is 11.6 Å². The van der Waals surface area contributed by atoms with Gasteiger partial charge in [0, 0.05) is 11.4 Å². The van der Waals surface area contributed by atoms with Crippen molar-refractivity contribution in [1.82, 2.24) is 0 Å². The van der Waals surface area contributed by atoms with Crippen LogP contribution in [0, 0.1) is 0 Å². The summed E-state index contributed by atoms with van der Waals surface area (Å²) in [5.74, 6) is 0.0635. The fourth-order valence-corrected chi connectivity index (χ4v) is 2.66. The van der Waals surface area contributed by atoms with Gasteiger partial charge in [-0.05, 0) is 34.9 Å². The van der Waals surface area contributed by atoms with E-state index in [0.29, 0.717) is 18.2 Å². The molecule has 0 aromatic heterocycles. The van der Waals surface area contributed by atoms with Crippen molar-refractivity contribution >= 4 is 23.1 Å². The molecule has 0 aliphatic carbocycles. The van der Waals surface area contributed by atoms with E-state index >= 15 is 0 Å². The van der Waals surface area contributed by atoms with Crippen LogP contribution in [0.1, 0.15) is 27.0 Å². The lowest BCUT2D eigenvalue weighted by Crippen LogP contribution is -1.99. The quantitative estimate of drug-likeness (QED) is 0.854. The molecule has 0 bridgehead atoms. The van der Waals surface area contributed by atoms with Crippen molar-refractivity contribution in [2.45, 2.75) is 6.61 Å². The largest absolute Gasteiger partial charge is 0.488 e. The smallest absolute Gasteiger partial charge is 0.335 e. The Labute approximate surface area is 127 Å². The van der Waals surface area contributed by atoms with Crippen LogP contribution in [-0.4, -0.2) is 17.0 Å². The number of hydrogen-bond acceptors (Lipinski definition) is 2. The molecular weight excluding hydrogens is 288 g/mol. The summed E-state index contributed by atoms with van der Waals surface area (Å²) in [6.45, 7) is 0.454. The van der Waals surface area contributed by atoms with Crippen LogP contribution in [0.2, 0.25) is 0 Å². The fourth-order valence-electron chi connectivity index (χ4n) is 2.51. The van der Waals surface area contributed by atoms with Crippen LogP contribution < -0.4 is 4.74 Å². The molecule has 1 aliphatic rings. The zero-order valence-electron chi connectivity index (χ0n) is 11.2. The van der Waals surface area contributed by atoms with Gasteiger partial charge in [0.25, 0.3) is 0 Å². The van der Waals surface area contributed by atoms with E-state index in [1.165, 1.54) is 0 Å². The Kier molecular flexibility index (Phi) is 3.67. The first-order valence-corrected chi connectivity index (χ1v) is 7.09. The van der Waals surface area contributed by atoms with Crippen LogP contribution in [0.3, 0.4) is 0 Å². The molecule has 2 aromatic rings. The van der Waals surface area contributed by atoms with E-state index in [1.54, 1.807) is 18.2 Å². The summed E-state index contributed by atoms with van der Waals surface area (Å²) >= 11 is 5.89. The lowest BCUT2D eigenvalue weighted by atomic mass is 9.93. The summed E-state index contributed by atoms with van der Waals surface area (Å²) in [6, 6.07) is 12.8. The maximum Gasteiger partial charge on any atom is 0.335 e. The second kappa shape index (κ2) is 5.62. The van der Waals surface area contributed by atoms with Gasteiger partial charge in [-0.1, -0.05) is 30.3 Å². The zero-order chi connectivity index (χ0) is 14.8.